The standard InChI is InChI=1S/C17H34N2O/c1-13-7-8-14(2)17(9-13,10-18)19-11-15(3,4)20-16(5,6)12-19/h13-14H,7-12,18H2,1-6H3. The first-order chi connectivity index (χ1) is 9.10. The molecule has 1 aliphatic heterocycles. The number of ether oxygens (including phenoxy) is 1. The van der Waals surface area contributed by atoms with E-state index in [0.29, 0.717) is 5.92 Å². The van der Waals surface area contributed by atoms with Crippen LogP contribution in [-0.4, -0.2) is 41.3 Å². The van der Waals surface area contributed by atoms with Gasteiger partial charge >= 0.3 is 0 Å². The third kappa shape index (κ3) is 3.05. The number of hydrogen-bond donors (Lipinski definition) is 1. The Morgan fingerprint density at radius 3 is 2.10 bits per heavy atom. The van der Waals surface area contributed by atoms with E-state index in [1.807, 2.05) is 0 Å². The summed E-state index contributed by atoms with van der Waals surface area (Å²) < 4.78 is 6.25. The Morgan fingerprint density at radius 2 is 1.60 bits per heavy atom. The second-order valence-corrected chi connectivity index (χ2v) is 8.57. The highest BCUT2D eigenvalue weighted by Crippen LogP contribution is 2.43. The fourth-order valence-corrected chi connectivity index (χ4v) is 4.67. The van der Waals surface area contributed by atoms with E-state index in [4.69, 9.17) is 10.5 Å². The van der Waals surface area contributed by atoms with E-state index < -0.39 is 0 Å². The van der Waals surface area contributed by atoms with Crippen molar-refractivity contribution < 1.29 is 4.74 Å². The van der Waals surface area contributed by atoms with E-state index in [1.165, 1.54) is 19.3 Å². The van der Waals surface area contributed by atoms with Gasteiger partial charge in [0.1, 0.15) is 0 Å². The van der Waals surface area contributed by atoms with Crippen LogP contribution in [0.15, 0.2) is 0 Å². The SMILES string of the molecule is CC1CCC(C)C(CN)(N2CC(C)(C)OC(C)(C)C2)C1. The Kier molecular flexibility index (Phi) is 4.27. The number of nitrogens with zero attached hydrogens (tertiary/aromatic N) is 1. The van der Waals surface area contributed by atoms with Crippen LogP contribution in [0, 0.1) is 11.8 Å². The summed E-state index contributed by atoms with van der Waals surface area (Å²) in [5.41, 5.74) is 6.29. The zero-order valence-electron chi connectivity index (χ0n) is 14.3. The molecule has 3 nitrogen and oxygen atoms in total. The highest BCUT2D eigenvalue weighted by molar-refractivity contribution is 5.04. The normalized spacial score (nSPS) is 41.5. The van der Waals surface area contributed by atoms with Crippen LogP contribution in [0.5, 0.6) is 0 Å². The van der Waals surface area contributed by atoms with Crippen LogP contribution in [-0.2, 0) is 4.74 Å². The van der Waals surface area contributed by atoms with Gasteiger partial charge in [0.05, 0.1) is 11.2 Å². The molecule has 3 unspecified atom stereocenters. The number of hydrogen-bond acceptors (Lipinski definition) is 3. The summed E-state index contributed by atoms with van der Waals surface area (Å²) in [5, 5.41) is 0. The molecule has 2 N–H and O–H groups in total. The molecule has 3 atom stereocenters. The maximum atomic E-state index is 6.32. The maximum Gasteiger partial charge on any atom is 0.0761 e. The highest BCUT2D eigenvalue weighted by atomic mass is 16.5. The molecule has 1 aliphatic carbocycles. The Hall–Kier alpha value is -0.120. The lowest BCUT2D eigenvalue weighted by Gasteiger charge is -2.58. The van der Waals surface area contributed by atoms with Crippen LogP contribution in [0.2, 0.25) is 0 Å². The van der Waals surface area contributed by atoms with Gasteiger partial charge in [-0.3, -0.25) is 4.90 Å². The summed E-state index contributed by atoms with van der Waals surface area (Å²) in [5.74, 6) is 1.46. The fraction of sp³-hybridized carbons (Fsp3) is 1.00. The quantitative estimate of drug-likeness (QED) is 0.846. The van der Waals surface area contributed by atoms with Crippen LogP contribution < -0.4 is 5.73 Å². The van der Waals surface area contributed by atoms with E-state index in [9.17, 15) is 0 Å². The minimum Gasteiger partial charge on any atom is -0.367 e. The van der Waals surface area contributed by atoms with Gasteiger partial charge < -0.3 is 10.5 Å². The minimum absolute atomic E-state index is 0.0929. The summed E-state index contributed by atoms with van der Waals surface area (Å²) in [6.45, 7) is 16.4. The summed E-state index contributed by atoms with van der Waals surface area (Å²) >= 11 is 0. The van der Waals surface area contributed by atoms with E-state index in [0.717, 1.165) is 25.6 Å². The predicted octanol–water partition coefficient (Wildman–Crippen LogP) is 3.03. The van der Waals surface area contributed by atoms with E-state index in [2.05, 4.69) is 46.4 Å². The lowest BCUT2D eigenvalue weighted by molar-refractivity contribution is -0.208. The highest BCUT2D eigenvalue weighted by Gasteiger charge is 2.50. The second-order valence-electron chi connectivity index (χ2n) is 8.57. The molecule has 20 heavy (non-hydrogen) atoms. The summed E-state index contributed by atoms with van der Waals surface area (Å²) in [7, 11) is 0. The van der Waals surface area contributed by atoms with Crippen LogP contribution in [0.1, 0.15) is 60.8 Å². The van der Waals surface area contributed by atoms with Crippen molar-refractivity contribution in [3.8, 4) is 0 Å². The minimum atomic E-state index is -0.0929. The summed E-state index contributed by atoms with van der Waals surface area (Å²) in [6.07, 6.45) is 3.88. The van der Waals surface area contributed by atoms with Crippen molar-refractivity contribution in [2.75, 3.05) is 19.6 Å². The van der Waals surface area contributed by atoms with Gasteiger partial charge in [-0.1, -0.05) is 20.3 Å². The van der Waals surface area contributed by atoms with Gasteiger partial charge in [0, 0.05) is 25.2 Å². The van der Waals surface area contributed by atoms with Crippen LogP contribution in [0.25, 0.3) is 0 Å². The molecule has 3 heteroatoms. The second kappa shape index (κ2) is 5.26. The Morgan fingerprint density at radius 1 is 1.05 bits per heavy atom. The Balaban J connectivity index is 2.30. The average Bonchev–Trinajstić information content (AvgIpc) is 2.28. The van der Waals surface area contributed by atoms with Crippen molar-refractivity contribution in [3.05, 3.63) is 0 Å². The molecule has 0 spiro atoms. The third-order valence-corrected chi connectivity index (χ3v) is 5.39. The molecule has 0 amide bonds. The van der Waals surface area contributed by atoms with E-state index in [-0.39, 0.29) is 16.7 Å². The molecule has 0 aromatic heterocycles. The zero-order valence-corrected chi connectivity index (χ0v) is 14.3. The molecule has 0 bridgehead atoms. The first-order valence-corrected chi connectivity index (χ1v) is 8.25. The van der Waals surface area contributed by atoms with Gasteiger partial charge in [-0.25, -0.2) is 0 Å². The molecule has 1 saturated carbocycles. The predicted molar refractivity (Wildman–Crippen MR) is 84.8 cm³/mol. The molecular weight excluding hydrogens is 248 g/mol. The van der Waals surface area contributed by atoms with Gasteiger partial charge in [-0.15, -0.1) is 0 Å². The van der Waals surface area contributed by atoms with Gasteiger partial charge in [0.15, 0.2) is 0 Å². The molecule has 1 saturated heterocycles. The number of rotatable bonds is 2. The lowest BCUT2D eigenvalue weighted by Crippen LogP contribution is -2.69. The maximum absolute atomic E-state index is 6.32. The van der Waals surface area contributed by atoms with E-state index >= 15 is 0 Å². The van der Waals surface area contributed by atoms with Crippen molar-refractivity contribution in [3.63, 3.8) is 0 Å². The molecule has 2 rings (SSSR count). The molecule has 118 valence electrons. The Labute approximate surface area is 125 Å². The van der Waals surface area contributed by atoms with E-state index in [1.54, 1.807) is 0 Å². The smallest absolute Gasteiger partial charge is 0.0761 e. The van der Waals surface area contributed by atoms with Crippen molar-refractivity contribution in [2.45, 2.75) is 77.5 Å². The van der Waals surface area contributed by atoms with Crippen LogP contribution in [0.3, 0.4) is 0 Å². The molecule has 0 aromatic rings. The molecule has 0 radical (unpaired) electrons. The first-order valence-electron chi connectivity index (χ1n) is 8.25. The lowest BCUT2D eigenvalue weighted by atomic mass is 9.68. The average molecular weight is 282 g/mol. The van der Waals surface area contributed by atoms with Gasteiger partial charge in [0.25, 0.3) is 0 Å². The molecule has 2 fully saturated rings. The summed E-state index contributed by atoms with van der Waals surface area (Å²) in [4.78, 5) is 2.66. The van der Waals surface area contributed by atoms with Crippen molar-refractivity contribution in [1.82, 2.24) is 4.90 Å². The van der Waals surface area contributed by atoms with Crippen LogP contribution >= 0.6 is 0 Å². The zero-order chi connectivity index (χ0) is 15.2. The molecular formula is C17H34N2O. The molecule has 1 heterocycles. The third-order valence-electron chi connectivity index (χ3n) is 5.39. The molecule has 0 aromatic carbocycles. The van der Waals surface area contributed by atoms with Gasteiger partial charge in [-0.2, -0.15) is 0 Å². The monoisotopic (exact) mass is 282 g/mol. The van der Waals surface area contributed by atoms with Gasteiger partial charge in [0.2, 0.25) is 0 Å². The first kappa shape index (κ1) is 16.3. The summed E-state index contributed by atoms with van der Waals surface area (Å²) in [6, 6.07) is 0. The largest absolute Gasteiger partial charge is 0.367 e. The molecule has 2 aliphatic rings. The Bertz CT molecular complexity index is 337. The van der Waals surface area contributed by atoms with Crippen molar-refractivity contribution in [1.29, 1.82) is 0 Å². The topological polar surface area (TPSA) is 38.5 Å². The van der Waals surface area contributed by atoms with Crippen molar-refractivity contribution >= 4 is 0 Å². The number of nitrogens with two attached hydrogens (primary N) is 1. The fourth-order valence-electron chi connectivity index (χ4n) is 4.67. The van der Waals surface area contributed by atoms with Gasteiger partial charge in [-0.05, 0) is 52.4 Å². The number of morpholine rings is 1. The van der Waals surface area contributed by atoms with Crippen LogP contribution in [0.4, 0.5) is 0 Å². The van der Waals surface area contributed by atoms with Crippen molar-refractivity contribution in [2.24, 2.45) is 17.6 Å².